The van der Waals surface area contributed by atoms with E-state index < -0.39 is 35.4 Å². The number of aromatic nitrogens is 1. The van der Waals surface area contributed by atoms with E-state index in [0.29, 0.717) is 6.07 Å². The molecule has 4 nitrogen and oxygen atoms in total. The molecule has 1 aromatic carbocycles. The van der Waals surface area contributed by atoms with Gasteiger partial charge in [-0.05, 0) is 30.3 Å². The molecule has 0 saturated carbocycles. The second kappa shape index (κ2) is 6.61. The molecule has 0 saturated heterocycles. The van der Waals surface area contributed by atoms with Crippen LogP contribution in [0.15, 0.2) is 36.5 Å². The van der Waals surface area contributed by atoms with E-state index in [1.54, 1.807) is 0 Å². The van der Waals surface area contributed by atoms with Crippen molar-refractivity contribution in [3.8, 4) is 17.0 Å². The fourth-order valence-electron chi connectivity index (χ4n) is 2.04. The van der Waals surface area contributed by atoms with Crippen molar-refractivity contribution < 1.29 is 40.6 Å². The molecule has 0 unspecified atom stereocenters. The van der Waals surface area contributed by atoms with Gasteiger partial charge in [0, 0.05) is 11.8 Å². The van der Waals surface area contributed by atoms with Crippen LogP contribution in [0.4, 0.5) is 26.3 Å². The van der Waals surface area contributed by atoms with Gasteiger partial charge in [0.15, 0.2) is 0 Å². The number of methoxy groups -OCH3 is 1. The molecule has 0 N–H and O–H groups in total. The van der Waals surface area contributed by atoms with E-state index in [-0.39, 0.29) is 11.3 Å². The van der Waals surface area contributed by atoms with Gasteiger partial charge in [-0.3, -0.25) is 4.98 Å². The Morgan fingerprint density at radius 3 is 2.08 bits per heavy atom. The molecular weight excluding hydrogens is 356 g/mol. The van der Waals surface area contributed by atoms with Crippen LogP contribution in [0.3, 0.4) is 0 Å². The summed E-state index contributed by atoms with van der Waals surface area (Å²) in [6, 6.07) is 4.50. The summed E-state index contributed by atoms with van der Waals surface area (Å²) < 4.78 is 83.8. The monoisotopic (exact) mass is 365 g/mol. The van der Waals surface area contributed by atoms with Crippen LogP contribution in [0.5, 0.6) is 5.75 Å². The Bertz CT molecular complexity index is 768. The Kier molecular flexibility index (Phi) is 4.91. The van der Waals surface area contributed by atoms with Crippen LogP contribution >= 0.6 is 0 Å². The smallest absolute Gasteiger partial charge is 0.465 e. The first-order valence-electron chi connectivity index (χ1n) is 6.53. The molecule has 10 heteroatoms. The second-order valence-electron chi connectivity index (χ2n) is 4.64. The van der Waals surface area contributed by atoms with Crippen molar-refractivity contribution in [2.24, 2.45) is 0 Å². The Balaban J connectivity index is 2.54. The SMILES string of the molecule is COC(=O)c1c(C(F)(F)F)ccnc1-c1ccc(OC(F)(F)F)cc1. The van der Waals surface area contributed by atoms with Gasteiger partial charge in [-0.15, -0.1) is 13.2 Å². The predicted molar refractivity (Wildman–Crippen MR) is 72.7 cm³/mol. The summed E-state index contributed by atoms with van der Waals surface area (Å²) in [5.74, 6) is -1.84. The molecule has 0 aliphatic rings. The van der Waals surface area contributed by atoms with Gasteiger partial charge in [-0.2, -0.15) is 13.2 Å². The van der Waals surface area contributed by atoms with Crippen molar-refractivity contribution in [1.82, 2.24) is 4.98 Å². The standard InChI is InChI=1S/C15H9F6NO3/c1-24-13(23)11-10(14(16,17)18)6-7-22-12(11)8-2-4-9(5-3-8)25-15(19,20)21/h2-7H,1H3. The fourth-order valence-corrected chi connectivity index (χ4v) is 2.04. The number of ether oxygens (including phenoxy) is 2. The molecule has 1 heterocycles. The van der Waals surface area contributed by atoms with Gasteiger partial charge in [0.25, 0.3) is 0 Å². The molecule has 134 valence electrons. The number of halogens is 6. The molecule has 1 aromatic heterocycles. The third-order valence-electron chi connectivity index (χ3n) is 3.01. The summed E-state index contributed by atoms with van der Waals surface area (Å²) in [5.41, 5.74) is -2.48. The van der Waals surface area contributed by atoms with Crippen molar-refractivity contribution in [2.75, 3.05) is 7.11 Å². The molecule has 0 radical (unpaired) electrons. The summed E-state index contributed by atoms with van der Waals surface area (Å²) >= 11 is 0. The zero-order chi connectivity index (χ0) is 18.8. The van der Waals surface area contributed by atoms with E-state index in [4.69, 9.17) is 0 Å². The highest BCUT2D eigenvalue weighted by molar-refractivity contribution is 5.97. The molecule has 0 aliphatic heterocycles. The average Bonchev–Trinajstić information content (AvgIpc) is 2.52. The number of hydrogen-bond acceptors (Lipinski definition) is 4. The number of alkyl halides is 6. The largest absolute Gasteiger partial charge is 0.573 e. The molecule has 2 rings (SSSR count). The number of carbonyl (C=O) groups is 1. The Morgan fingerprint density at radius 1 is 1.00 bits per heavy atom. The van der Waals surface area contributed by atoms with Gasteiger partial charge in [-0.1, -0.05) is 0 Å². The summed E-state index contributed by atoms with van der Waals surface area (Å²) in [4.78, 5) is 15.5. The maximum absolute atomic E-state index is 13.1. The fraction of sp³-hybridized carbons (Fsp3) is 0.200. The first-order valence-corrected chi connectivity index (χ1v) is 6.53. The summed E-state index contributed by atoms with van der Waals surface area (Å²) in [7, 11) is 0.902. The maximum atomic E-state index is 13.1. The topological polar surface area (TPSA) is 48.4 Å². The Labute approximate surface area is 137 Å². The summed E-state index contributed by atoms with van der Waals surface area (Å²) in [6.07, 6.45) is -8.92. The Morgan fingerprint density at radius 2 is 1.60 bits per heavy atom. The van der Waals surface area contributed by atoms with E-state index in [0.717, 1.165) is 37.6 Å². The average molecular weight is 365 g/mol. The third-order valence-corrected chi connectivity index (χ3v) is 3.01. The predicted octanol–water partition coefficient (Wildman–Crippen LogP) is 4.45. The number of carbonyl (C=O) groups excluding carboxylic acids is 1. The van der Waals surface area contributed by atoms with Gasteiger partial charge in [-0.25, -0.2) is 4.79 Å². The number of hydrogen-bond donors (Lipinski definition) is 0. The van der Waals surface area contributed by atoms with E-state index in [1.165, 1.54) is 0 Å². The normalized spacial score (nSPS) is 12.0. The van der Waals surface area contributed by atoms with Crippen molar-refractivity contribution in [3.05, 3.63) is 47.7 Å². The van der Waals surface area contributed by atoms with Crippen LogP contribution in [-0.2, 0) is 10.9 Å². The lowest BCUT2D eigenvalue weighted by Gasteiger charge is -2.15. The molecule has 0 spiro atoms. The molecule has 0 bridgehead atoms. The highest BCUT2D eigenvalue weighted by atomic mass is 19.4. The van der Waals surface area contributed by atoms with Gasteiger partial charge in [0.2, 0.25) is 0 Å². The number of pyridine rings is 1. The van der Waals surface area contributed by atoms with E-state index in [2.05, 4.69) is 14.5 Å². The van der Waals surface area contributed by atoms with Crippen molar-refractivity contribution in [3.63, 3.8) is 0 Å². The van der Waals surface area contributed by atoms with Crippen LogP contribution < -0.4 is 4.74 Å². The number of esters is 1. The number of rotatable bonds is 3. The van der Waals surface area contributed by atoms with Crippen LogP contribution in [0, 0.1) is 0 Å². The lowest BCUT2D eigenvalue weighted by molar-refractivity contribution is -0.274. The van der Waals surface area contributed by atoms with E-state index in [9.17, 15) is 31.1 Å². The molecule has 25 heavy (non-hydrogen) atoms. The zero-order valence-electron chi connectivity index (χ0n) is 12.4. The van der Waals surface area contributed by atoms with Gasteiger partial charge >= 0.3 is 18.5 Å². The van der Waals surface area contributed by atoms with Crippen LogP contribution in [0.2, 0.25) is 0 Å². The zero-order valence-corrected chi connectivity index (χ0v) is 12.4. The maximum Gasteiger partial charge on any atom is 0.573 e. The number of nitrogens with zero attached hydrogens (tertiary/aromatic N) is 1. The first-order chi connectivity index (χ1) is 11.5. The van der Waals surface area contributed by atoms with E-state index in [1.807, 2.05) is 0 Å². The molecule has 0 atom stereocenters. The van der Waals surface area contributed by atoms with Crippen LogP contribution in [-0.4, -0.2) is 24.4 Å². The molecule has 0 amide bonds. The van der Waals surface area contributed by atoms with Crippen molar-refractivity contribution in [1.29, 1.82) is 0 Å². The Hall–Kier alpha value is -2.78. The minimum atomic E-state index is -4.91. The lowest BCUT2D eigenvalue weighted by atomic mass is 10.0. The van der Waals surface area contributed by atoms with Gasteiger partial charge < -0.3 is 9.47 Å². The minimum absolute atomic E-state index is 0.0129. The quantitative estimate of drug-likeness (QED) is 0.596. The van der Waals surface area contributed by atoms with Gasteiger partial charge in [0.1, 0.15) is 5.75 Å². The number of benzene rings is 1. The molecule has 0 fully saturated rings. The molecule has 2 aromatic rings. The first kappa shape index (κ1) is 18.6. The third kappa shape index (κ3) is 4.40. The van der Waals surface area contributed by atoms with Crippen molar-refractivity contribution >= 4 is 5.97 Å². The highest BCUT2D eigenvalue weighted by Crippen LogP contribution is 2.36. The summed E-state index contributed by atoms with van der Waals surface area (Å²) in [6.45, 7) is 0. The van der Waals surface area contributed by atoms with E-state index >= 15 is 0 Å². The summed E-state index contributed by atoms with van der Waals surface area (Å²) in [5, 5.41) is 0. The molecular formula is C15H9F6NO3. The highest BCUT2D eigenvalue weighted by Gasteiger charge is 2.37. The van der Waals surface area contributed by atoms with Crippen LogP contribution in [0.25, 0.3) is 11.3 Å². The second-order valence-corrected chi connectivity index (χ2v) is 4.64. The van der Waals surface area contributed by atoms with Gasteiger partial charge in [0.05, 0.1) is 23.9 Å². The molecule has 0 aliphatic carbocycles. The minimum Gasteiger partial charge on any atom is -0.465 e. The van der Waals surface area contributed by atoms with Crippen LogP contribution in [0.1, 0.15) is 15.9 Å². The lowest BCUT2D eigenvalue weighted by Crippen LogP contribution is -2.17. The van der Waals surface area contributed by atoms with Crippen molar-refractivity contribution in [2.45, 2.75) is 12.5 Å².